The molecule has 0 saturated carbocycles. The fourth-order valence-corrected chi connectivity index (χ4v) is 1.96. The Morgan fingerprint density at radius 1 is 1.12 bits per heavy atom. The summed E-state index contributed by atoms with van der Waals surface area (Å²) in [5, 5.41) is 0.661. The van der Waals surface area contributed by atoms with E-state index in [4.69, 9.17) is 22.1 Å². The molecule has 17 heavy (non-hydrogen) atoms. The Bertz CT molecular complexity index is 508. The summed E-state index contributed by atoms with van der Waals surface area (Å²) in [6, 6.07) is 13.4. The van der Waals surface area contributed by atoms with Gasteiger partial charge in [-0.25, -0.2) is 0 Å². The fourth-order valence-electron chi connectivity index (χ4n) is 1.66. The van der Waals surface area contributed by atoms with Crippen molar-refractivity contribution in [2.24, 2.45) is 0 Å². The Kier molecular flexibility index (Phi) is 3.55. The summed E-state index contributed by atoms with van der Waals surface area (Å²) >= 11 is 6.15. The molecule has 2 nitrogen and oxygen atoms in total. The second-order valence-corrected chi connectivity index (χ2v) is 4.10. The van der Waals surface area contributed by atoms with Gasteiger partial charge in [-0.3, -0.25) is 0 Å². The van der Waals surface area contributed by atoms with Crippen LogP contribution in [0.15, 0.2) is 42.5 Å². The summed E-state index contributed by atoms with van der Waals surface area (Å²) in [4.78, 5) is 0. The molecule has 3 heteroatoms. The van der Waals surface area contributed by atoms with E-state index in [1.807, 2.05) is 43.3 Å². The molecule has 88 valence electrons. The van der Waals surface area contributed by atoms with Crippen LogP contribution in [-0.4, -0.2) is 6.61 Å². The van der Waals surface area contributed by atoms with Crippen LogP contribution in [0.5, 0.6) is 5.75 Å². The SMILES string of the molecule is CCOc1ccc(-c2ccc(N)cc2Cl)cc1. The zero-order valence-electron chi connectivity index (χ0n) is 9.61. The molecule has 2 aromatic rings. The number of rotatable bonds is 3. The number of benzene rings is 2. The van der Waals surface area contributed by atoms with E-state index in [1.165, 1.54) is 0 Å². The molecule has 0 heterocycles. The van der Waals surface area contributed by atoms with Gasteiger partial charge in [-0.05, 0) is 36.8 Å². The van der Waals surface area contributed by atoms with Crippen LogP contribution >= 0.6 is 11.6 Å². The maximum Gasteiger partial charge on any atom is 0.119 e. The summed E-state index contributed by atoms with van der Waals surface area (Å²) in [6.07, 6.45) is 0. The molecular formula is C14H14ClNO. The van der Waals surface area contributed by atoms with Crippen LogP contribution in [0.25, 0.3) is 11.1 Å². The third-order valence-electron chi connectivity index (χ3n) is 2.47. The van der Waals surface area contributed by atoms with Crippen molar-refractivity contribution in [1.82, 2.24) is 0 Å². The number of anilines is 1. The van der Waals surface area contributed by atoms with E-state index in [9.17, 15) is 0 Å². The molecule has 0 spiro atoms. The molecule has 2 N–H and O–H groups in total. The van der Waals surface area contributed by atoms with Crippen LogP contribution in [-0.2, 0) is 0 Å². The first-order valence-electron chi connectivity index (χ1n) is 5.49. The van der Waals surface area contributed by atoms with E-state index in [-0.39, 0.29) is 0 Å². The molecule has 0 atom stereocenters. The van der Waals surface area contributed by atoms with E-state index in [1.54, 1.807) is 6.07 Å². The van der Waals surface area contributed by atoms with E-state index in [0.717, 1.165) is 16.9 Å². The minimum Gasteiger partial charge on any atom is -0.494 e. The van der Waals surface area contributed by atoms with E-state index < -0.39 is 0 Å². The van der Waals surface area contributed by atoms with E-state index in [0.29, 0.717) is 17.3 Å². The van der Waals surface area contributed by atoms with Crippen molar-refractivity contribution in [3.63, 3.8) is 0 Å². The first-order chi connectivity index (χ1) is 8.20. The van der Waals surface area contributed by atoms with Crippen molar-refractivity contribution < 1.29 is 4.74 Å². The Balaban J connectivity index is 2.33. The average Bonchev–Trinajstić information content (AvgIpc) is 2.31. The molecule has 0 saturated heterocycles. The van der Waals surface area contributed by atoms with Crippen LogP contribution in [0.4, 0.5) is 5.69 Å². The van der Waals surface area contributed by atoms with Gasteiger partial charge in [0.15, 0.2) is 0 Å². The van der Waals surface area contributed by atoms with Crippen molar-refractivity contribution in [2.45, 2.75) is 6.92 Å². The van der Waals surface area contributed by atoms with Gasteiger partial charge < -0.3 is 10.5 Å². The van der Waals surface area contributed by atoms with Gasteiger partial charge in [0.1, 0.15) is 5.75 Å². The normalized spacial score (nSPS) is 10.2. The highest BCUT2D eigenvalue weighted by molar-refractivity contribution is 6.33. The molecule has 0 aromatic heterocycles. The summed E-state index contributed by atoms with van der Waals surface area (Å²) in [7, 11) is 0. The lowest BCUT2D eigenvalue weighted by Crippen LogP contribution is -1.91. The zero-order chi connectivity index (χ0) is 12.3. The molecule has 0 bridgehead atoms. The molecule has 0 aliphatic carbocycles. The first-order valence-corrected chi connectivity index (χ1v) is 5.86. The second-order valence-electron chi connectivity index (χ2n) is 3.70. The van der Waals surface area contributed by atoms with Gasteiger partial charge in [0.25, 0.3) is 0 Å². The number of halogens is 1. The summed E-state index contributed by atoms with van der Waals surface area (Å²) in [5.74, 6) is 0.864. The number of nitrogens with two attached hydrogens (primary N) is 1. The minimum atomic E-state index is 0.661. The number of nitrogen functional groups attached to an aromatic ring is 1. The van der Waals surface area contributed by atoms with Crippen molar-refractivity contribution in [3.05, 3.63) is 47.5 Å². The lowest BCUT2D eigenvalue weighted by Gasteiger charge is -2.07. The Labute approximate surface area is 106 Å². The predicted molar refractivity (Wildman–Crippen MR) is 72.5 cm³/mol. The summed E-state index contributed by atoms with van der Waals surface area (Å²) in [5.41, 5.74) is 8.37. The van der Waals surface area contributed by atoms with Crippen LogP contribution < -0.4 is 10.5 Å². The van der Waals surface area contributed by atoms with Crippen LogP contribution in [0.3, 0.4) is 0 Å². The Hall–Kier alpha value is -1.67. The van der Waals surface area contributed by atoms with Crippen molar-refractivity contribution in [2.75, 3.05) is 12.3 Å². The molecule has 0 radical (unpaired) electrons. The molecule has 2 rings (SSSR count). The molecule has 0 amide bonds. The monoisotopic (exact) mass is 247 g/mol. The highest BCUT2D eigenvalue weighted by atomic mass is 35.5. The van der Waals surface area contributed by atoms with E-state index in [2.05, 4.69) is 0 Å². The number of hydrogen-bond acceptors (Lipinski definition) is 2. The zero-order valence-corrected chi connectivity index (χ0v) is 10.4. The van der Waals surface area contributed by atoms with Gasteiger partial charge in [-0.1, -0.05) is 29.8 Å². The van der Waals surface area contributed by atoms with Gasteiger partial charge in [0.05, 0.1) is 11.6 Å². The number of ether oxygens (including phenoxy) is 1. The van der Waals surface area contributed by atoms with Crippen LogP contribution in [0.1, 0.15) is 6.92 Å². The first kappa shape index (κ1) is 11.8. The predicted octanol–water partition coefficient (Wildman–Crippen LogP) is 3.99. The molecular weight excluding hydrogens is 234 g/mol. The van der Waals surface area contributed by atoms with Gasteiger partial charge in [-0.2, -0.15) is 0 Å². The third-order valence-corrected chi connectivity index (χ3v) is 2.78. The van der Waals surface area contributed by atoms with Crippen molar-refractivity contribution >= 4 is 17.3 Å². The highest BCUT2D eigenvalue weighted by Crippen LogP contribution is 2.30. The average molecular weight is 248 g/mol. The summed E-state index contributed by atoms with van der Waals surface area (Å²) in [6.45, 7) is 2.63. The van der Waals surface area contributed by atoms with Crippen molar-refractivity contribution in [1.29, 1.82) is 0 Å². The molecule has 0 unspecified atom stereocenters. The van der Waals surface area contributed by atoms with Gasteiger partial charge in [0, 0.05) is 11.3 Å². The van der Waals surface area contributed by atoms with Crippen LogP contribution in [0, 0.1) is 0 Å². The quantitative estimate of drug-likeness (QED) is 0.833. The lowest BCUT2D eigenvalue weighted by molar-refractivity contribution is 0.340. The summed E-state index contributed by atoms with van der Waals surface area (Å²) < 4.78 is 5.39. The van der Waals surface area contributed by atoms with E-state index >= 15 is 0 Å². The second kappa shape index (κ2) is 5.11. The maximum absolute atomic E-state index is 6.15. The van der Waals surface area contributed by atoms with Crippen LogP contribution in [0.2, 0.25) is 5.02 Å². The largest absolute Gasteiger partial charge is 0.494 e. The minimum absolute atomic E-state index is 0.661. The van der Waals surface area contributed by atoms with Gasteiger partial charge in [-0.15, -0.1) is 0 Å². The fraction of sp³-hybridized carbons (Fsp3) is 0.143. The standard InChI is InChI=1S/C14H14ClNO/c1-2-17-12-6-3-10(4-7-12)13-8-5-11(16)9-14(13)15/h3-9H,2,16H2,1H3. The molecule has 0 aliphatic rings. The Morgan fingerprint density at radius 3 is 2.41 bits per heavy atom. The smallest absolute Gasteiger partial charge is 0.119 e. The molecule has 2 aromatic carbocycles. The highest BCUT2D eigenvalue weighted by Gasteiger charge is 2.03. The van der Waals surface area contributed by atoms with Crippen molar-refractivity contribution in [3.8, 4) is 16.9 Å². The number of hydrogen-bond donors (Lipinski definition) is 1. The third kappa shape index (κ3) is 2.71. The van der Waals surface area contributed by atoms with Gasteiger partial charge >= 0.3 is 0 Å². The maximum atomic E-state index is 6.15. The Morgan fingerprint density at radius 2 is 1.82 bits per heavy atom. The van der Waals surface area contributed by atoms with Gasteiger partial charge in [0.2, 0.25) is 0 Å². The lowest BCUT2D eigenvalue weighted by atomic mass is 10.1. The molecule has 0 aliphatic heterocycles. The topological polar surface area (TPSA) is 35.2 Å². The molecule has 0 fully saturated rings.